The van der Waals surface area contributed by atoms with Crippen molar-refractivity contribution in [1.82, 2.24) is 5.32 Å². The van der Waals surface area contributed by atoms with Crippen LogP contribution in [0, 0.1) is 17.3 Å². The zero-order valence-electron chi connectivity index (χ0n) is 11.4. The lowest BCUT2D eigenvalue weighted by Gasteiger charge is -2.26. The minimum atomic E-state index is -0.456. The van der Waals surface area contributed by atoms with E-state index in [0.717, 1.165) is 12.8 Å². The largest absolute Gasteiger partial charge is 0.392 e. The molecule has 1 amide bonds. The second kappa shape index (κ2) is 5.36. The molecule has 0 aromatic heterocycles. The number of carbonyl (C=O) groups excluding carboxylic acids is 1. The molecule has 0 bridgehead atoms. The highest BCUT2D eigenvalue weighted by Gasteiger charge is 2.49. The van der Waals surface area contributed by atoms with Gasteiger partial charge in [-0.15, -0.1) is 0 Å². The zero-order chi connectivity index (χ0) is 13.2. The summed E-state index contributed by atoms with van der Waals surface area (Å²) in [6.45, 7) is 8.42. The van der Waals surface area contributed by atoms with E-state index in [0.29, 0.717) is 6.54 Å². The zero-order valence-corrected chi connectivity index (χ0v) is 11.4. The number of hydrogen-bond donors (Lipinski definition) is 3. The van der Waals surface area contributed by atoms with Crippen LogP contribution in [0.1, 0.15) is 40.5 Å². The molecule has 1 saturated carbocycles. The predicted molar refractivity (Wildman–Crippen MR) is 68.3 cm³/mol. The summed E-state index contributed by atoms with van der Waals surface area (Å²) in [4.78, 5) is 11.7. The lowest BCUT2D eigenvalue weighted by molar-refractivity contribution is -0.123. The molecule has 1 fully saturated rings. The van der Waals surface area contributed by atoms with Gasteiger partial charge in [0.1, 0.15) is 0 Å². The van der Waals surface area contributed by atoms with Gasteiger partial charge in [-0.3, -0.25) is 4.79 Å². The monoisotopic (exact) mass is 242 g/mol. The quantitative estimate of drug-likeness (QED) is 0.647. The van der Waals surface area contributed by atoms with Crippen molar-refractivity contribution in [3.63, 3.8) is 0 Å². The number of rotatable bonds is 6. The molecule has 4 N–H and O–H groups in total. The molecule has 0 spiro atoms. The van der Waals surface area contributed by atoms with E-state index < -0.39 is 6.04 Å². The van der Waals surface area contributed by atoms with E-state index in [9.17, 15) is 9.90 Å². The first kappa shape index (κ1) is 14.5. The predicted octanol–water partition coefficient (Wildman–Crippen LogP) is 0.883. The van der Waals surface area contributed by atoms with Crippen molar-refractivity contribution in [3.8, 4) is 0 Å². The topological polar surface area (TPSA) is 75.3 Å². The summed E-state index contributed by atoms with van der Waals surface area (Å²) < 4.78 is 0. The molecule has 0 aromatic rings. The minimum absolute atomic E-state index is 0.0967. The molecule has 100 valence electrons. The lowest BCUT2D eigenvalue weighted by atomic mass is 9.90. The standard InChI is InChI=1S/C13H26N2O2/c1-8(2)10(14)12(17)15-7-13(5-6-13)11(16)9(3)4/h8-11,16H,5-7,14H2,1-4H3,(H,15,17)/t10-,11?/m0/s1. The van der Waals surface area contributed by atoms with Gasteiger partial charge in [0.2, 0.25) is 5.91 Å². The summed E-state index contributed by atoms with van der Waals surface area (Å²) in [5.74, 6) is 0.260. The number of aliphatic hydroxyl groups is 1. The number of carbonyl (C=O) groups is 1. The van der Waals surface area contributed by atoms with E-state index in [1.54, 1.807) is 0 Å². The van der Waals surface area contributed by atoms with Gasteiger partial charge in [0.05, 0.1) is 12.1 Å². The Morgan fingerprint density at radius 3 is 2.18 bits per heavy atom. The number of nitrogens with two attached hydrogens (primary N) is 1. The molecule has 1 unspecified atom stereocenters. The number of amides is 1. The first-order valence-electron chi connectivity index (χ1n) is 6.51. The van der Waals surface area contributed by atoms with Crippen molar-refractivity contribution in [1.29, 1.82) is 0 Å². The highest BCUT2D eigenvalue weighted by molar-refractivity contribution is 5.81. The molecule has 1 rings (SSSR count). The van der Waals surface area contributed by atoms with Gasteiger partial charge in [-0.1, -0.05) is 27.7 Å². The summed E-state index contributed by atoms with van der Waals surface area (Å²) in [6, 6.07) is -0.456. The molecule has 0 aromatic carbocycles. The van der Waals surface area contributed by atoms with Crippen LogP contribution in [-0.4, -0.2) is 29.7 Å². The third kappa shape index (κ3) is 3.42. The van der Waals surface area contributed by atoms with E-state index in [1.807, 2.05) is 27.7 Å². The molecular formula is C13H26N2O2. The van der Waals surface area contributed by atoms with Gasteiger partial charge >= 0.3 is 0 Å². The molecule has 0 radical (unpaired) electrons. The Hall–Kier alpha value is -0.610. The summed E-state index contributed by atoms with van der Waals surface area (Å²) >= 11 is 0. The molecule has 1 aliphatic rings. The van der Waals surface area contributed by atoms with Crippen LogP contribution >= 0.6 is 0 Å². The van der Waals surface area contributed by atoms with Crippen molar-refractivity contribution in [2.24, 2.45) is 23.0 Å². The maximum Gasteiger partial charge on any atom is 0.237 e. The molecule has 0 saturated heterocycles. The van der Waals surface area contributed by atoms with E-state index in [-0.39, 0.29) is 29.3 Å². The Morgan fingerprint density at radius 1 is 1.29 bits per heavy atom. The van der Waals surface area contributed by atoms with Crippen LogP contribution in [0.25, 0.3) is 0 Å². The molecule has 4 nitrogen and oxygen atoms in total. The highest BCUT2D eigenvalue weighted by Crippen LogP contribution is 2.50. The van der Waals surface area contributed by atoms with Gasteiger partial charge < -0.3 is 16.2 Å². The van der Waals surface area contributed by atoms with Crippen molar-refractivity contribution in [2.45, 2.75) is 52.7 Å². The third-order valence-corrected chi connectivity index (χ3v) is 3.79. The highest BCUT2D eigenvalue weighted by atomic mass is 16.3. The fraction of sp³-hybridized carbons (Fsp3) is 0.923. The SMILES string of the molecule is CC(C)C(O)C1(CNC(=O)[C@@H](N)C(C)C)CC1. The van der Waals surface area contributed by atoms with Gasteiger partial charge in [-0.2, -0.15) is 0 Å². The molecule has 0 aliphatic heterocycles. The number of nitrogens with one attached hydrogen (secondary N) is 1. The smallest absolute Gasteiger partial charge is 0.237 e. The van der Waals surface area contributed by atoms with Crippen molar-refractivity contribution >= 4 is 5.91 Å². The Kier molecular flexibility index (Phi) is 4.55. The first-order chi connectivity index (χ1) is 7.80. The van der Waals surface area contributed by atoms with Gasteiger partial charge in [-0.25, -0.2) is 0 Å². The van der Waals surface area contributed by atoms with E-state index in [2.05, 4.69) is 5.32 Å². The van der Waals surface area contributed by atoms with Crippen LogP contribution in [0.3, 0.4) is 0 Å². The van der Waals surface area contributed by atoms with Gasteiger partial charge in [-0.05, 0) is 24.7 Å². The molecular weight excluding hydrogens is 216 g/mol. The molecule has 1 aliphatic carbocycles. The minimum Gasteiger partial charge on any atom is -0.392 e. The number of hydrogen-bond acceptors (Lipinski definition) is 3. The second-order valence-corrected chi connectivity index (χ2v) is 6.04. The Balaban J connectivity index is 2.43. The van der Waals surface area contributed by atoms with Crippen molar-refractivity contribution in [3.05, 3.63) is 0 Å². The summed E-state index contributed by atoms with van der Waals surface area (Å²) in [6.07, 6.45) is 1.64. The van der Waals surface area contributed by atoms with E-state index in [4.69, 9.17) is 5.73 Å². The average Bonchev–Trinajstić information content (AvgIpc) is 3.04. The summed E-state index contributed by atoms with van der Waals surface area (Å²) in [7, 11) is 0. The summed E-state index contributed by atoms with van der Waals surface area (Å²) in [5, 5.41) is 13.0. The van der Waals surface area contributed by atoms with Gasteiger partial charge in [0, 0.05) is 12.0 Å². The Labute approximate surface area is 104 Å². The Morgan fingerprint density at radius 2 is 1.82 bits per heavy atom. The summed E-state index contributed by atoms with van der Waals surface area (Å²) in [5.41, 5.74) is 5.67. The fourth-order valence-electron chi connectivity index (χ4n) is 2.13. The normalized spacial score (nSPS) is 21.4. The molecule has 4 heteroatoms. The molecule has 2 atom stereocenters. The van der Waals surface area contributed by atoms with Crippen molar-refractivity contribution in [2.75, 3.05) is 6.54 Å². The molecule has 0 heterocycles. The average molecular weight is 242 g/mol. The van der Waals surface area contributed by atoms with Gasteiger partial charge in [0.15, 0.2) is 0 Å². The maximum atomic E-state index is 11.7. The van der Waals surface area contributed by atoms with E-state index >= 15 is 0 Å². The van der Waals surface area contributed by atoms with E-state index in [1.165, 1.54) is 0 Å². The van der Waals surface area contributed by atoms with Crippen LogP contribution in [0.2, 0.25) is 0 Å². The lowest BCUT2D eigenvalue weighted by Crippen LogP contribution is -2.47. The van der Waals surface area contributed by atoms with Crippen LogP contribution in [-0.2, 0) is 4.79 Å². The third-order valence-electron chi connectivity index (χ3n) is 3.79. The maximum absolute atomic E-state index is 11.7. The van der Waals surface area contributed by atoms with Crippen LogP contribution in [0.5, 0.6) is 0 Å². The first-order valence-corrected chi connectivity index (χ1v) is 6.51. The Bertz CT molecular complexity index is 273. The molecule has 17 heavy (non-hydrogen) atoms. The van der Waals surface area contributed by atoms with Crippen molar-refractivity contribution < 1.29 is 9.90 Å². The van der Waals surface area contributed by atoms with Crippen LogP contribution in [0.15, 0.2) is 0 Å². The van der Waals surface area contributed by atoms with Gasteiger partial charge in [0.25, 0.3) is 0 Å². The second-order valence-electron chi connectivity index (χ2n) is 6.04. The number of aliphatic hydroxyl groups excluding tert-OH is 1. The fourth-order valence-corrected chi connectivity index (χ4v) is 2.13. The van der Waals surface area contributed by atoms with Crippen LogP contribution in [0.4, 0.5) is 0 Å². The van der Waals surface area contributed by atoms with Crippen LogP contribution < -0.4 is 11.1 Å².